The van der Waals surface area contributed by atoms with Gasteiger partial charge in [0.05, 0.1) is 10.2 Å². The van der Waals surface area contributed by atoms with Gasteiger partial charge in [0, 0.05) is 5.69 Å². The van der Waals surface area contributed by atoms with Crippen LogP contribution < -0.4 is 11.1 Å². The van der Waals surface area contributed by atoms with Crippen molar-refractivity contribution in [2.75, 3.05) is 11.1 Å². The summed E-state index contributed by atoms with van der Waals surface area (Å²) < 4.78 is 0.899. The minimum atomic E-state index is -1.08. The fourth-order valence-corrected chi connectivity index (χ4v) is 2.10. The summed E-state index contributed by atoms with van der Waals surface area (Å²) in [6, 6.07) is 5.27. The molecule has 4 nitrogen and oxygen atoms in total. The van der Waals surface area contributed by atoms with Gasteiger partial charge in [0.25, 0.3) is 5.91 Å². The molecular weight excluding hydrogens is 269 g/mol. The van der Waals surface area contributed by atoms with Crippen LogP contribution in [0.3, 0.4) is 0 Å². The number of benzene rings is 1. The highest BCUT2D eigenvalue weighted by Crippen LogP contribution is 2.26. The Morgan fingerprint density at radius 3 is 2.94 bits per heavy atom. The zero-order chi connectivity index (χ0) is 11.7. The maximum Gasteiger partial charge on any atom is 0.257 e. The van der Waals surface area contributed by atoms with E-state index in [9.17, 15) is 4.79 Å². The molecule has 1 heterocycles. The average Bonchev–Trinajstić information content (AvgIpc) is 2.57. The van der Waals surface area contributed by atoms with Gasteiger partial charge >= 0.3 is 0 Å². The maximum atomic E-state index is 11.2. The molecule has 3 N–H and O–H groups in total. The van der Waals surface area contributed by atoms with Crippen molar-refractivity contribution in [1.29, 1.82) is 0 Å². The minimum Gasteiger partial charge on any atom is -0.375 e. The number of anilines is 2. The Morgan fingerprint density at radius 2 is 2.25 bits per heavy atom. The molecule has 1 aromatic heterocycles. The summed E-state index contributed by atoms with van der Waals surface area (Å²) in [6.45, 7) is 0. The first-order valence-corrected chi connectivity index (χ1v) is 6.00. The van der Waals surface area contributed by atoms with Gasteiger partial charge in [-0.2, -0.15) is 0 Å². The van der Waals surface area contributed by atoms with Crippen LogP contribution in [0.15, 0.2) is 18.2 Å². The normalized spacial score (nSPS) is 10.9. The quantitative estimate of drug-likeness (QED) is 0.828. The number of rotatable bonds is 2. The molecule has 0 saturated heterocycles. The smallest absolute Gasteiger partial charge is 0.257 e. The van der Waals surface area contributed by atoms with Gasteiger partial charge in [-0.15, -0.1) is 0 Å². The van der Waals surface area contributed by atoms with E-state index in [-0.39, 0.29) is 0 Å². The largest absolute Gasteiger partial charge is 0.375 e. The monoisotopic (exact) mass is 275 g/mol. The molecule has 7 heteroatoms. The van der Waals surface area contributed by atoms with Crippen LogP contribution in [0.5, 0.6) is 0 Å². The van der Waals surface area contributed by atoms with E-state index in [1.807, 2.05) is 0 Å². The van der Waals surface area contributed by atoms with Crippen LogP contribution in [0.1, 0.15) is 0 Å². The second-order valence-electron chi connectivity index (χ2n) is 3.02. The van der Waals surface area contributed by atoms with E-state index in [4.69, 9.17) is 28.9 Å². The highest BCUT2D eigenvalue weighted by atomic mass is 35.5. The summed E-state index contributed by atoms with van der Waals surface area (Å²) in [5.74, 6) is -0.458. The van der Waals surface area contributed by atoms with Gasteiger partial charge in [-0.25, -0.2) is 4.98 Å². The van der Waals surface area contributed by atoms with E-state index in [1.54, 1.807) is 18.2 Å². The second-order valence-corrected chi connectivity index (χ2v) is 5.18. The molecule has 1 amide bonds. The van der Waals surface area contributed by atoms with Crippen LogP contribution in [0.25, 0.3) is 10.2 Å². The molecule has 0 bridgehead atoms. The number of fused-ring (bicyclic) bond motifs is 1. The van der Waals surface area contributed by atoms with Crippen molar-refractivity contribution in [2.24, 2.45) is 0 Å². The summed E-state index contributed by atoms with van der Waals surface area (Å²) >= 11 is 12.2. The molecule has 1 aromatic carbocycles. The summed E-state index contributed by atoms with van der Waals surface area (Å²) in [5.41, 5.74) is 6.99. The van der Waals surface area contributed by atoms with E-state index in [1.165, 1.54) is 11.3 Å². The summed E-state index contributed by atoms with van der Waals surface area (Å²) in [4.78, 5) is 14.3. The van der Waals surface area contributed by atoms with Crippen molar-refractivity contribution < 1.29 is 4.79 Å². The predicted octanol–water partition coefficient (Wildman–Crippen LogP) is 2.62. The fourth-order valence-electron chi connectivity index (χ4n) is 1.22. The first-order valence-electron chi connectivity index (χ1n) is 4.31. The van der Waals surface area contributed by atoms with Gasteiger partial charge in [0.1, 0.15) is 0 Å². The number of hydrogen-bond donors (Lipinski definition) is 2. The molecule has 0 atom stereocenters. The van der Waals surface area contributed by atoms with Crippen LogP contribution in [-0.2, 0) is 4.79 Å². The molecule has 84 valence electrons. The number of amides is 1. The third kappa shape index (κ3) is 2.37. The van der Waals surface area contributed by atoms with Crippen LogP contribution >= 0.6 is 34.5 Å². The Balaban J connectivity index is 2.29. The van der Waals surface area contributed by atoms with Gasteiger partial charge in [0.2, 0.25) is 0 Å². The van der Waals surface area contributed by atoms with E-state index >= 15 is 0 Å². The predicted molar refractivity (Wildman–Crippen MR) is 68.2 cm³/mol. The van der Waals surface area contributed by atoms with Crippen molar-refractivity contribution in [1.82, 2.24) is 4.98 Å². The fraction of sp³-hybridized carbons (Fsp3) is 0.111. The third-order valence-electron chi connectivity index (χ3n) is 1.87. The van der Waals surface area contributed by atoms with Crippen molar-refractivity contribution in [3.8, 4) is 0 Å². The number of nitrogen functional groups attached to an aromatic ring is 1. The second kappa shape index (κ2) is 4.45. The van der Waals surface area contributed by atoms with Crippen LogP contribution in [0.4, 0.5) is 10.8 Å². The molecule has 0 radical (unpaired) electrons. The van der Waals surface area contributed by atoms with Crippen molar-refractivity contribution in [2.45, 2.75) is 4.84 Å². The lowest BCUT2D eigenvalue weighted by Gasteiger charge is -2.04. The Kier molecular flexibility index (Phi) is 3.18. The Hall–Kier alpha value is -1.04. The van der Waals surface area contributed by atoms with Crippen molar-refractivity contribution in [3.05, 3.63) is 18.2 Å². The molecule has 0 fully saturated rings. The van der Waals surface area contributed by atoms with Crippen molar-refractivity contribution in [3.63, 3.8) is 0 Å². The highest BCUT2D eigenvalue weighted by Gasteiger charge is 2.11. The van der Waals surface area contributed by atoms with Crippen LogP contribution in [-0.4, -0.2) is 15.7 Å². The number of alkyl halides is 2. The Bertz CT molecular complexity index is 541. The molecular formula is C9H7Cl2N3OS. The zero-order valence-corrected chi connectivity index (χ0v) is 10.2. The summed E-state index contributed by atoms with van der Waals surface area (Å²) in [6.07, 6.45) is 0. The van der Waals surface area contributed by atoms with E-state index in [0.717, 1.165) is 10.2 Å². The average molecular weight is 276 g/mol. The van der Waals surface area contributed by atoms with Gasteiger partial charge in [-0.05, 0) is 18.2 Å². The lowest BCUT2D eigenvalue weighted by Crippen LogP contribution is -2.18. The lowest BCUT2D eigenvalue weighted by molar-refractivity contribution is -0.114. The number of nitrogens with zero attached hydrogens (tertiary/aromatic N) is 1. The Morgan fingerprint density at radius 1 is 1.50 bits per heavy atom. The number of aromatic nitrogens is 1. The standard InChI is InChI=1S/C9H7Cl2N3OS/c10-7(11)8(15)13-4-1-2-5-6(3-4)16-9(12)14-5/h1-3,7H,(H2,12,14)(H,13,15). The van der Waals surface area contributed by atoms with Gasteiger partial charge in [0.15, 0.2) is 9.97 Å². The SMILES string of the molecule is Nc1nc2ccc(NC(=O)C(Cl)Cl)cc2s1. The third-order valence-corrected chi connectivity index (χ3v) is 3.11. The zero-order valence-electron chi connectivity index (χ0n) is 7.91. The number of nitrogens with two attached hydrogens (primary N) is 1. The van der Waals surface area contributed by atoms with Crippen LogP contribution in [0, 0.1) is 0 Å². The summed E-state index contributed by atoms with van der Waals surface area (Å²) in [5, 5.41) is 3.07. The van der Waals surface area contributed by atoms with Gasteiger partial charge < -0.3 is 11.1 Å². The number of carbonyl (C=O) groups excluding carboxylic acids is 1. The van der Waals surface area contributed by atoms with E-state index in [0.29, 0.717) is 10.8 Å². The minimum absolute atomic E-state index is 0.458. The highest BCUT2D eigenvalue weighted by molar-refractivity contribution is 7.22. The first-order chi connectivity index (χ1) is 7.56. The van der Waals surface area contributed by atoms with Gasteiger partial charge in [-0.3, -0.25) is 4.79 Å². The number of halogens is 2. The molecule has 0 spiro atoms. The van der Waals surface area contributed by atoms with Crippen LogP contribution in [0.2, 0.25) is 0 Å². The number of nitrogens with one attached hydrogen (secondary N) is 1. The molecule has 2 rings (SSSR count). The molecule has 0 aliphatic carbocycles. The summed E-state index contributed by atoms with van der Waals surface area (Å²) in [7, 11) is 0. The van der Waals surface area contributed by atoms with E-state index < -0.39 is 10.7 Å². The van der Waals surface area contributed by atoms with Crippen molar-refractivity contribution >= 4 is 61.5 Å². The first kappa shape index (κ1) is 11.4. The lowest BCUT2D eigenvalue weighted by atomic mass is 10.3. The van der Waals surface area contributed by atoms with Gasteiger partial charge in [-0.1, -0.05) is 34.5 Å². The molecule has 16 heavy (non-hydrogen) atoms. The molecule has 2 aromatic rings. The molecule has 0 unspecified atom stereocenters. The topological polar surface area (TPSA) is 68.0 Å². The Labute approximate surface area is 105 Å². The molecule has 0 saturated carbocycles. The number of thiazole rings is 1. The maximum absolute atomic E-state index is 11.2. The van der Waals surface area contributed by atoms with E-state index in [2.05, 4.69) is 10.3 Å². The molecule has 0 aliphatic heterocycles. The number of carbonyl (C=O) groups is 1. The molecule has 0 aliphatic rings. The number of hydrogen-bond acceptors (Lipinski definition) is 4.